The van der Waals surface area contributed by atoms with Crippen molar-refractivity contribution in [3.05, 3.63) is 65.2 Å². The van der Waals surface area contributed by atoms with Crippen LogP contribution in [0.4, 0.5) is 17.2 Å². The summed E-state index contributed by atoms with van der Waals surface area (Å²) in [7, 11) is 1.92. The highest BCUT2D eigenvalue weighted by atomic mass is 35.5. The number of aromatic nitrogens is 1. The Hall–Kier alpha value is -3.25. The molecule has 5 N–H and O–H groups in total. The number of phenolic OH excluding ortho intramolecular Hbond substituents is 1. The fraction of sp³-hybridized carbons (Fsp3) is 0.143. The number of primary amides is 1. The SMILES string of the molecule is CN(c1ccc(Cl)cc1)c1ccc(O)c(-c2ccc(CCC(N)=O)c(N)n2)c1. The molecular formula is C21H21ClN4O2. The molecule has 0 saturated heterocycles. The number of amides is 1. The van der Waals surface area contributed by atoms with E-state index in [0.29, 0.717) is 28.5 Å². The van der Waals surface area contributed by atoms with Gasteiger partial charge in [-0.15, -0.1) is 0 Å². The monoisotopic (exact) mass is 396 g/mol. The van der Waals surface area contributed by atoms with Crippen LogP contribution in [-0.2, 0) is 11.2 Å². The summed E-state index contributed by atoms with van der Waals surface area (Å²) in [5, 5.41) is 11.0. The number of carbonyl (C=O) groups excluding carboxylic acids is 1. The highest BCUT2D eigenvalue weighted by molar-refractivity contribution is 6.30. The minimum Gasteiger partial charge on any atom is -0.507 e. The van der Waals surface area contributed by atoms with E-state index in [0.717, 1.165) is 16.9 Å². The van der Waals surface area contributed by atoms with Gasteiger partial charge in [-0.3, -0.25) is 4.79 Å². The van der Waals surface area contributed by atoms with Gasteiger partial charge in [-0.2, -0.15) is 0 Å². The summed E-state index contributed by atoms with van der Waals surface area (Å²) in [6.45, 7) is 0. The van der Waals surface area contributed by atoms with Crippen LogP contribution >= 0.6 is 11.6 Å². The molecule has 2 aromatic carbocycles. The summed E-state index contributed by atoms with van der Waals surface area (Å²) < 4.78 is 0. The van der Waals surface area contributed by atoms with Crippen LogP contribution in [0.1, 0.15) is 12.0 Å². The van der Waals surface area contributed by atoms with E-state index >= 15 is 0 Å². The van der Waals surface area contributed by atoms with E-state index in [1.165, 1.54) is 0 Å². The van der Waals surface area contributed by atoms with Gasteiger partial charge in [0, 0.05) is 35.4 Å². The van der Waals surface area contributed by atoms with Crippen LogP contribution in [-0.4, -0.2) is 23.0 Å². The fourth-order valence-corrected chi connectivity index (χ4v) is 3.00. The number of aromatic hydroxyl groups is 1. The Kier molecular flexibility index (Phi) is 5.70. The van der Waals surface area contributed by atoms with Gasteiger partial charge < -0.3 is 21.5 Å². The second kappa shape index (κ2) is 8.19. The second-order valence-electron chi connectivity index (χ2n) is 6.44. The number of rotatable bonds is 6. The van der Waals surface area contributed by atoms with Crippen LogP contribution in [0.3, 0.4) is 0 Å². The lowest BCUT2D eigenvalue weighted by atomic mass is 10.1. The molecule has 3 rings (SSSR count). The van der Waals surface area contributed by atoms with Gasteiger partial charge in [0.05, 0.1) is 5.69 Å². The number of nitrogens with two attached hydrogens (primary N) is 2. The molecule has 0 aliphatic rings. The first-order chi connectivity index (χ1) is 13.3. The Balaban J connectivity index is 1.92. The van der Waals surface area contributed by atoms with Gasteiger partial charge in [-0.05, 0) is 60.5 Å². The highest BCUT2D eigenvalue weighted by Crippen LogP contribution is 2.35. The minimum atomic E-state index is -0.390. The molecule has 0 aliphatic heterocycles. The van der Waals surface area contributed by atoms with E-state index in [4.69, 9.17) is 23.1 Å². The van der Waals surface area contributed by atoms with E-state index in [-0.39, 0.29) is 18.1 Å². The molecule has 0 aliphatic carbocycles. The lowest BCUT2D eigenvalue weighted by Gasteiger charge is -2.21. The molecule has 0 atom stereocenters. The molecule has 1 heterocycles. The van der Waals surface area contributed by atoms with Gasteiger partial charge in [0.1, 0.15) is 11.6 Å². The predicted octanol–water partition coefficient (Wildman–Crippen LogP) is 3.88. The van der Waals surface area contributed by atoms with Crippen molar-refractivity contribution in [3.8, 4) is 17.0 Å². The third kappa shape index (κ3) is 4.35. The first-order valence-corrected chi connectivity index (χ1v) is 9.09. The zero-order valence-electron chi connectivity index (χ0n) is 15.4. The third-order valence-corrected chi connectivity index (χ3v) is 4.76. The van der Waals surface area contributed by atoms with Crippen molar-refractivity contribution >= 4 is 34.7 Å². The van der Waals surface area contributed by atoms with Crippen LogP contribution in [0.25, 0.3) is 11.3 Å². The smallest absolute Gasteiger partial charge is 0.217 e. The molecule has 7 heteroatoms. The molecule has 144 valence electrons. The molecule has 1 aromatic heterocycles. The average molecular weight is 397 g/mol. The maximum atomic E-state index is 11.0. The van der Waals surface area contributed by atoms with Gasteiger partial charge in [0.25, 0.3) is 0 Å². The molecule has 0 spiro atoms. The number of hydrogen-bond donors (Lipinski definition) is 3. The van der Waals surface area contributed by atoms with E-state index < -0.39 is 0 Å². The molecule has 1 amide bonds. The summed E-state index contributed by atoms with van der Waals surface area (Å²) in [4.78, 5) is 17.3. The van der Waals surface area contributed by atoms with Crippen LogP contribution in [0.15, 0.2) is 54.6 Å². The fourth-order valence-electron chi connectivity index (χ4n) is 2.87. The number of carbonyl (C=O) groups is 1. The zero-order chi connectivity index (χ0) is 20.3. The predicted molar refractivity (Wildman–Crippen MR) is 113 cm³/mol. The van der Waals surface area contributed by atoms with E-state index in [2.05, 4.69) is 4.98 Å². The topological polar surface area (TPSA) is 105 Å². The van der Waals surface area contributed by atoms with Crippen molar-refractivity contribution < 1.29 is 9.90 Å². The van der Waals surface area contributed by atoms with Gasteiger partial charge in [-0.1, -0.05) is 17.7 Å². The number of pyridine rings is 1. The van der Waals surface area contributed by atoms with Gasteiger partial charge in [0.2, 0.25) is 5.91 Å². The van der Waals surface area contributed by atoms with E-state index in [1.807, 2.05) is 48.3 Å². The zero-order valence-corrected chi connectivity index (χ0v) is 16.1. The molecule has 0 saturated carbocycles. The first-order valence-electron chi connectivity index (χ1n) is 8.71. The molecule has 0 unspecified atom stereocenters. The summed E-state index contributed by atoms with van der Waals surface area (Å²) in [6, 6.07) is 16.3. The largest absolute Gasteiger partial charge is 0.507 e. The van der Waals surface area contributed by atoms with Crippen molar-refractivity contribution in [3.63, 3.8) is 0 Å². The highest BCUT2D eigenvalue weighted by Gasteiger charge is 2.13. The van der Waals surface area contributed by atoms with Gasteiger partial charge in [-0.25, -0.2) is 4.98 Å². The molecule has 0 fully saturated rings. The number of nitrogens with zero attached hydrogens (tertiary/aromatic N) is 2. The summed E-state index contributed by atoms with van der Waals surface area (Å²) in [5.74, 6) is 0.0266. The summed E-state index contributed by atoms with van der Waals surface area (Å²) in [6.07, 6.45) is 0.637. The number of phenols is 1. The Morgan fingerprint density at radius 2 is 1.79 bits per heavy atom. The van der Waals surface area contributed by atoms with Gasteiger partial charge >= 0.3 is 0 Å². The normalized spacial score (nSPS) is 10.6. The number of halogens is 1. The lowest BCUT2D eigenvalue weighted by Crippen LogP contribution is -2.12. The summed E-state index contributed by atoms with van der Waals surface area (Å²) >= 11 is 5.96. The molecular weight excluding hydrogens is 376 g/mol. The van der Waals surface area contributed by atoms with Gasteiger partial charge in [0.15, 0.2) is 0 Å². The number of aryl methyl sites for hydroxylation is 1. The van der Waals surface area contributed by atoms with Crippen LogP contribution in [0.2, 0.25) is 5.02 Å². The van der Waals surface area contributed by atoms with Crippen LogP contribution in [0.5, 0.6) is 5.75 Å². The molecule has 0 radical (unpaired) electrons. The molecule has 28 heavy (non-hydrogen) atoms. The Bertz CT molecular complexity index is 1010. The number of nitrogen functional groups attached to an aromatic ring is 1. The molecule has 6 nitrogen and oxygen atoms in total. The number of anilines is 3. The third-order valence-electron chi connectivity index (χ3n) is 4.51. The van der Waals surface area contributed by atoms with Crippen LogP contribution < -0.4 is 16.4 Å². The van der Waals surface area contributed by atoms with Crippen LogP contribution in [0, 0.1) is 0 Å². The lowest BCUT2D eigenvalue weighted by molar-refractivity contribution is -0.117. The standard InChI is InChI=1S/C21H21ClN4O2/c1-26(15-6-4-14(22)5-7-15)16-8-10-19(27)17(12-16)18-9-2-13(21(24)25-18)3-11-20(23)28/h2,4-10,12,27H,3,11H2,1H3,(H2,23,28)(H2,24,25). The van der Waals surface area contributed by atoms with E-state index in [9.17, 15) is 9.90 Å². The maximum Gasteiger partial charge on any atom is 0.217 e. The van der Waals surface area contributed by atoms with Crippen molar-refractivity contribution in [2.75, 3.05) is 17.7 Å². The first kappa shape index (κ1) is 19.5. The van der Waals surface area contributed by atoms with Crippen molar-refractivity contribution in [1.82, 2.24) is 4.98 Å². The minimum absolute atomic E-state index is 0.102. The number of benzene rings is 2. The Labute approximate surface area is 168 Å². The number of hydrogen-bond acceptors (Lipinski definition) is 5. The second-order valence-corrected chi connectivity index (χ2v) is 6.88. The Morgan fingerprint density at radius 1 is 1.11 bits per heavy atom. The van der Waals surface area contributed by atoms with Crippen molar-refractivity contribution in [2.45, 2.75) is 12.8 Å². The molecule has 3 aromatic rings. The Morgan fingerprint density at radius 3 is 2.43 bits per heavy atom. The average Bonchev–Trinajstić information content (AvgIpc) is 2.67. The maximum absolute atomic E-state index is 11.0. The molecule has 0 bridgehead atoms. The van der Waals surface area contributed by atoms with Crippen molar-refractivity contribution in [1.29, 1.82) is 0 Å². The summed E-state index contributed by atoms with van der Waals surface area (Å²) in [5.41, 5.74) is 14.9. The quantitative estimate of drug-likeness (QED) is 0.586. The van der Waals surface area contributed by atoms with Crippen molar-refractivity contribution in [2.24, 2.45) is 5.73 Å². The van der Waals surface area contributed by atoms with E-state index in [1.54, 1.807) is 18.2 Å².